The highest BCUT2D eigenvalue weighted by Gasteiger charge is 2.20. The molecule has 0 bridgehead atoms. The minimum Gasteiger partial charge on any atom is -0.356 e. The van der Waals surface area contributed by atoms with Gasteiger partial charge in [-0.25, -0.2) is 4.98 Å². The van der Waals surface area contributed by atoms with E-state index in [4.69, 9.17) is 23.2 Å². The maximum Gasteiger partial charge on any atom is 0.191 e. The fraction of sp³-hybridized carbons (Fsp3) is 0.500. The zero-order chi connectivity index (χ0) is 19.9. The molecule has 2 heterocycles. The average molecular weight is 440 g/mol. The fourth-order valence-corrected chi connectivity index (χ4v) is 4.44. The summed E-state index contributed by atoms with van der Waals surface area (Å²) < 4.78 is 0. The molecule has 0 amide bonds. The molecule has 0 radical (unpaired) electrons. The Balaban J connectivity index is 1.38. The van der Waals surface area contributed by atoms with Gasteiger partial charge >= 0.3 is 0 Å². The molecule has 2 N–H and O–H groups in total. The van der Waals surface area contributed by atoms with Crippen molar-refractivity contribution in [3.63, 3.8) is 0 Å². The smallest absolute Gasteiger partial charge is 0.191 e. The standard InChI is InChI=1S/C20H27Cl2N5S/c1-14-26-18(13-28-14)12-27-7-5-15(6-8-27)10-24-20(23-2)25-11-16-3-4-17(21)9-19(16)22/h3-4,9,13,15H,5-8,10-12H2,1-2H3,(H2,23,24,25). The van der Waals surface area contributed by atoms with Crippen LogP contribution in [0.15, 0.2) is 28.6 Å². The summed E-state index contributed by atoms with van der Waals surface area (Å²) in [4.78, 5) is 11.4. The van der Waals surface area contributed by atoms with Gasteiger partial charge in [-0.3, -0.25) is 9.89 Å². The summed E-state index contributed by atoms with van der Waals surface area (Å²) in [5, 5.41) is 11.4. The van der Waals surface area contributed by atoms with Crippen molar-refractivity contribution in [1.29, 1.82) is 0 Å². The van der Waals surface area contributed by atoms with Crippen LogP contribution in [0, 0.1) is 12.8 Å². The topological polar surface area (TPSA) is 52.6 Å². The molecule has 3 rings (SSSR count). The number of hydrogen-bond donors (Lipinski definition) is 2. The van der Waals surface area contributed by atoms with E-state index in [9.17, 15) is 0 Å². The van der Waals surface area contributed by atoms with Crippen molar-refractivity contribution in [3.05, 3.63) is 49.9 Å². The van der Waals surface area contributed by atoms with Gasteiger partial charge in [-0.05, 0) is 56.5 Å². The summed E-state index contributed by atoms with van der Waals surface area (Å²) in [7, 11) is 1.79. The maximum atomic E-state index is 6.23. The molecule has 0 spiro atoms. The number of nitrogens with one attached hydrogen (secondary N) is 2. The Labute approximate surface area is 181 Å². The summed E-state index contributed by atoms with van der Waals surface area (Å²) in [6.45, 7) is 6.81. The SMILES string of the molecule is CN=C(NCc1ccc(Cl)cc1Cl)NCC1CCN(Cc2csc(C)n2)CC1. The van der Waals surface area contributed by atoms with Crippen LogP contribution >= 0.6 is 34.5 Å². The van der Waals surface area contributed by atoms with E-state index in [2.05, 4.69) is 37.8 Å². The first-order valence-corrected chi connectivity index (χ1v) is 11.2. The Bertz CT molecular complexity index is 800. The number of benzene rings is 1. The number of aryl methyl sites for hydroxylation is 1. The van der Waals surface area contributed by atoms with Crippen LogP contribution in [0.5, 0.6) is 0 Å². The maximum absolute atomic E-state index is 6.23. The minimum absolute atomic E-state index is 0.612. The Morgan fingerprint density at radius 2 is 2.07 bits per heavy atom. The van der Waals surface area contributed by atoms with E-state index < -0.39 is 0 Å². The lowest BCUT2D eigenvalue weighted by molar-refractivity contribution is 0.176. The van der Waals surface area contributed by atoms with Gasteiger partial charge in [0.15, 0.2) is 5.96 Å². The van der Waals surface area contributed by atoms with Gasteiger partial charge in [0.2, 0.25) is 0 Å². The van der Waals surface area contributed by atoms with Crippen molar-refractivity contribution in [1.82, 2.24) is 20.5 Å². The Kier molecular flexibility index (Phi) is 7.97. The first-order chi connectivity index (χ1) is 13.5. The first kappa shape index (κ1) is 21.4. The van der Waals surface area contributed by atoms with Crippen LogP contribution in [-0.2, 0) is 13.1 Å². The fourth-order valence-electron chi connectivity index (χ4n) is 3.36. The predicted octanol–water partition coefficient (Wildman–Crippen LogP) is 4.34. The first-order valence-electron chi connectivity index (χ1n) is 9.55. The Morgan fingerprint density at radius 1 is 1.29 bits per heavy atom. The third kappa shape index (κ3) is 6.34. The van der Waals surface area contributed by atoms with Crippen LogP contribution in [-0.4, -0.2) is 42.5 Å². The van der Waals surface area contributed by atoms with Crippen molar-refractivity contribution >= 4 is 40.5 Å². The number of likely N-dealkylation sites (tertiary alicyclic amines) is 1. The largest absolute Gasteiger partial charge is 0.356 e. The van der Waals surface area contributed by atoms with Crippen molar-refractivity contribution in [2.75, 3.05) is 26.7 Å². The van der Waals surface area contributed by atoms with Gasteiger partial charge in [-0.2, -0.15) is 0 Å². The lowest BCUT2D eigenvalue weighted by Crippen LogP contribution is -2.42. The van der Waals surface area contributed by atoms with Gasteiger partial charge in [-0.1, -0.05) is 29.3 Å². The molecule has 1 aromatic carbocycles. The third-order valence-electron chi connectivity index (χ3n) is 5.00. The minimum atomic E-state index is 0.612. The third-order valence-corrected chi connectivity index (χ3v) is 6.41. The Hall–Kier alpha value is -1.34. The summed E-state index contributed by atoms with van der Waals surface area (Å²) >= 11 is 13.9. The molecule has 5 nitrogen and oxygen atoms in total. The van der Waals surface area contributed by atoms with E-state index >= 15 is 0 Å². The number of nitrogens with zero attached hydrogens (tertiary/aromatic N) is 3. The van der Waals surface area contributed by atoms with Crippen LogP contribution in [0.25, 0.3) is 0 Å². The molecule has 2 aromatic rings. The highest BCUT2D eigenvalue weighted by Crippen LogP contribution is 2.21. The van der Waals surface area contributed by atoms with Gasteiger partial charge < -0.3 is 10.6 Å². The lowest BCUT2D eigenvalue weighted by atomic mass is 9.97. The number of thiazole rings is 1. The number of rotatable bonds is 6. The molecule has 1 saturated heterocycles. The number of piperidine rings is 1. The van der Waals surface area contributed by atoms with Gasteiger partial charge in [0, 0.05) is 42.1 Å². The average Bonchev–Trinajstić information content (AvgIpc) is 3.09. The van der Waals surface area contributed by atoms with Gasteiger partial charge in [0.05, 0.1) is 10.7 Å². The normalized spacial score (nSPS) is 16.4. The molecule has 1 fully saturated rings. The van der Waals surface area contributed by atoms with Crippen LogP contribution in [0.3, 0.4) is 0 Å². The number of aromatic nitrogens is 1. The molecule has 28 heavy (non-hydrogen) atoms. The van der Waals surface area contributed by atoms with Crippen LogP contribution in [0.2, 0.25) is 10.0 Å². The molecule has 0 unspecified atom stereocenters. The lowest BCUT2D eigenvalue weighted by Gasteiger charge is -2.31. The monoisotopic (exact) mass is 439 g/mol. The van der Waals surface area contributed by atoms with E-state index in [1.54, 1.807) is 24.5 Å². The molecule has 0 saturated carbocycles. The van der Waals surface area contributed by atoms with E-state index in [0.29, 0.717) is 22.5 Å². The molecule has 0 atom stereocenters. The quantitative estimate of drug-likeness (QED) is 0.519. The summed E-state index contributed by atoms with van der Waals surface area (Å²) in [6, 6.07) is 5.54. The second-order valence-electron chi connectivity index (χ2n) is 7.12. The second-order valence-corrected chi connectivity index (χ2v) is 9.03. The molecule has 1 aliphatic rings. The molecular weight excluding hydrogens is 413 g/mol. The van der Waals surface area contributed by atoms with Crippen molar-refractivity contribution in [3.8, 4) is 0 Å². The zero-order valence-electron chi connectivity index (χ0n) is 16.3. The highest BCUT2D eigenvalue weighted by atomic mass is 35.5. The molecule has 0 aliphatic carbocycles. The number of aliphatic imine (C=N–C) groups is 1. The molecule has 1 aliphatic heterocycles. The predicted molar refractivity (Wildman–Crippen MR) is 120 cm³/mol. The highest BCUT2D eigenvalue weighted by molar-refractivity contribution is 7.09. The number of halogens is 2. The van der Waals surface area contributed by atoms with E-state index in [0.717, 1.165) is 42.7 Å². The van der Waals surface area contributed by atoms with Gasteiger partial charge in [0.25, 0.3) is 0 Å². The van der Waals surface area contributed by atoms with E-state index in [1.807, 2.05) is 12.1 Å². The van der Waals surface area contributed by atoms with E-state index in [1.165, 1.54) is 18.5 Å². The molecule has 1 aromatic heterocycles. The molecular formula is C20H27Cl2N5S. The van der Waals surface area contributed by atoms with Crippen LogP contribution in [0.4, 0.5) is 0 Å². The molecule has 8 heteroatoms. The summed E-state index contributed by atoms with van der Waals surface area (Å²) in [5.74, 6) is 1.46. The molecule has 152 valence electrons. The van der Waals surface area contributed by atoms with Crippen LogP contribution in [0.1, 0.15) is 29.1 Å². The van der Waals surface area contributed by atoms with Gasteiger partial charge in [0.1, 0.15) is 0 Å². The van der Waals surface area contributed by atoms with E-state index in [-0.39, 0.29) is 0 Å². The Morgan fingerprint density at radius 3 is 2.71 bits per heavy atom. The van der Waals surface area contributed by atoms with Crippen molar-refractivity contribution in [2.24, 2.45) is 10.9 Å². The zero-order valence-corrected chi connectivity index (χ0v) is 18.7. The van der Waals surface area contributed by atoms with Gasteiger partial charge in [-0.15, -0.1) is 11.3 Å². The van der Waals surface area contributed by atoms with Crippen LogP contribution < -0.4 is 10.6 Å². The summed E-state index contributed by atoms with van der Waals surface area (Å²) in [5.41, 5.74) is 2.20. The second kappa shape index (κ2) is 10.4. The van der Waals surface area contributed by atoms with Crippen molar-refractivity contribution < 1.29 is 0 Å². The number of guanidine groups is 1. The summed E-state index contributed by atoms with van der Waals surface area (Å²) in [6.07, 6.45) is 2.38. The van der Waals surface area contributed by atoms with Crippen molar-refractivity contribution in [2.45, 2.75) is 32.9 Å². The number of hydrogen-bond acceptors (Lipinski definition) is 4.